The Balaban J connectivity index is 1.82. The van der Waals surface area contributed by atoms with E-state index in [0.29, 0.717) is 0 Å². The molecule has 36 heavy (non-hydrogen) atoms. The minimum Gasteiger partial charge on any atom is -0.375 e. The van der Waals surface area contributed by atoms with Gasteiger partial charge in [-0.05, 0) is 122 Å². The molecule has 4 heteroatoms. The first-order valence-corrected chi connectivity index (χ1v) is 13.8. The van der Waals surface area contributed by atoms with E-state index in [9.17, 15) is 0 Å². The second kappa shape index (κ2) is 9.38. The highest BCUT2D eigenvalue weighted by molar-refractivity contribution is 5.67. The Labute approximate surface area is 216 Å². The van der Waals surface area contributed by atoms with Crippen molar-refractivity contribution in [1.82, 2.24) is 20.6 Å². The van der Waals surface area contributed by atoms with Crippen LogP contribution in [-0.4, -0.2) is 22.1 Å². The van der Waals surface area contributed by atoms with Crippen molar-refractivity contribution < 1.29 is 0 Å². The van der Waals surface area contributed by atoms with Crippen LogP contribution in [0.1, 0.15) is 88.0 Å². The van der Waals surface area contributed by atoms with Crippen LogP contribution >= 0.6 is 0 Å². The summed E-state index contributed by atoms with van der Waals surface area (Å²) < 4.78 is 0. The molecule has 8 bridgehead atoms. The minimum atomic E-state index is 0.201. The molecular formula is C32H42N4. The molecule has 0 aliphatic carbocycles. The zero-order valence-corrected chi connectivity index (χ0v) is 23.3. The van der Waals surface area contributed by atoms with E-state index in [1.165, 1.54) is 78.0 Å². The van der Waals surface area contributed by atoms with Gasteiger partial charge in [0.05, 0.1) is 12.1 Å². The van der Waals surface area contributed by atoms with Gasteiger partial charge in [0.2, 0.25) is 0 Å². The van der Waals surface area contributed by atoms with Crippen molar-refractivity contribution in [2.24, 2.45) is 0 Å². The van der Waals surface area contributed by atoms with Crippen molar-refractivity contribution in [3.05, 3.63) is 84.1 Å². The quantitative estimate of drug-likeness (QED) is 0.476. The summed E-state index contributed by atoms with van der Waals surface area (Å²) in [6.45, 7) is 18.1. The molecule has 0 amide bonds. The summed E-state index contributed by atoms with van der Waals surface area (Å²) in [7, 11) is 0. The van der Waals surface area contributed by atoms with E-state index in [2.05, 4.69) is 100 Å². The highest BCUT2D eigenvalue weighted by atomic mass is 15.0. The molecule has 3 aliphatic heterocycles. The summed E-state index contributed by atoms with van der Waals surface area (Å²) in [6, 6.07) is 0.402. The predicted octanol–water partition coefficient (Wildman–Crippen LogP) is 5.33. The molecule has 190 valence electrons. The lowest BCUT2D eigenvalue weighted by Gasteiger charge is -2.14. The van der Waals surface area contributed by atoms with Crippen LogP contribution in [0.2, 0.25) is 0 Å². The van der Waals surface area contributed by atoms with Gasteiger partial charge in [-0.1, -0.05) is 27.7 Å². The molecule has 5 rings (SSSR count). The first-order chi connectivity index (χ1) is 17.3. The van der Waals surface area contributed by atoms with Crippen LogP contribution in [0.3, 0.4) is 0 Å². The van der Waals surface area contributed by atoms with E-state index < -0.39 is 0 Å². The Morgan fingerprint density at radius 1 is 0.583 bits per heavy atom. The molecule has 0 aromatic carbocycles. The van der Waals surface area contributed by atoms with E-state index in [1.807, 2.05) is 0 Å². The molecule has 3 aliphatic rings. The molecule has 0 fully saturated rings. The molecule has 2 aromatic heterocycles. The van der Waals surface area contributed by atoms with Crippen LogP contribution in [-0.2, 0) is 12.8 Å². The number of hydrogen-bond donors (Lipinski definition) is 4. The Morgan fingerprint density at radius 3 is 1.83 bits per heavy atom. The molecular weight excluding hydrogens is 440 g/mol. The van der Waals surface area contributed by atoms with Gasteiger partial charge < -0.3 is 20.6 Å². The van der Waals surface area contributed by atoms with Gasteiger partial charge in [-0.3, -0.25) is 0 Å². The van der Waals surface area contributed by atoms with Gasteiger partial charge in [0.1, 0.15) is 0 Å². The normalized spacial score (nSPS) is 21.1. The number of allylic oxidation sites excluding steroid dienone is 2. The number of aromatic amines is 2. The monoisotopic (exact) mass is 482 g/mol. The average molecular weight is 483 g/mol. The third-order valence-electron chi connectivity index (χ3n) is 8.72. The van der Waals surface area contributed by atoms with Crippen LogP contribution in [0.5, 0.6) is 0 Å². The average Bonchev–Trinajstić information content (AvgIpc) is 3.51. The van der Waals surface area contributed by atoms with Gasteiger partial charge in [0.25, 0.3) is 0 Å². The first kappa shape index (κ1) is 24.5. The van der Waals surface area contributed by atoms with Crippen molar-refractivity contribution in [1.29, 1.82) is 0 Å². The molecule has 2 unspecified atom stereocenters. The van der Waals surface area contributed by atoms with Crippen molar-refractivity contribution in [2.45, 2.75) is 93.2 Å². The molecule has 0 spiro atoms. The van der Waals surface area contributed by atoms with Gasteiger partial charge in [0, 0.05) is 33.5 Å². The fraction of sp³-hybridized carbons (Fsp3) is 0.438. The Hall–Kier alpha value is -3.14. The van der Waals surface area contributed by atoms with E-state index in [4.69, 9.17) is 0 Å². The Morgan fingerprint density at radius 2 is 1.19 bits per heavy atom. The molecule has 2 aromatic rings. The standard InChI is InChI=1S/C32H42N4/c1-9-21-17(5)25-14-30-23(11-3)19(7)27(35-30)16-32-24(12-4)20(8)28(36-32)15-31-22(10-2)18(6)26(34-31)13-29(21)33-25/h13-16,25-26,33-36H,9-12H2,1-8H3. The third kappa shape index (κ3) is 3.82. The fourth-order valence-corrected chi connectivity index (χ4v) is 6.52. The number of nitrogens with one attached hydrogen (secondary N) is 4. The fourth-order valence-electron chi connectivity index (χ4n) is 6.52. The topological polar surface area (TPSA) is 55.6 Å². The first-order valence-electron chi connectivity index (χ1n) is 13.8. The Kier molecular flexibility index (Phi) is 6.40. The summed E-state index contributed by atoms with van der Waals surface area (Å²) in [5, 5.41) is 10.2. The van der Waals surface area contributed by atoms with Crippen molar-refractivity contribution in [3.8, 4) is 0 Å². The number of fused-ring (bicyclic) bond motifs is 8. The Bertz CT molecular complexity index is 1460. The summed E-state index contributed by atoms with van der Waals surface area (Å²) in [5.41, 5.74) is 16.2. The number of aromatic nitrogens is 2. The minimum absolute atomic E-state index is 0.201. The number of rotatable bonds is 4. The largest absolute Gasteiger partial charge is 0.375 e. The molecule has 0 saturated carbocycles. The summed E-state index contributed by atoms with van der Waals surface area (Å²) in [6.07, 6.45) is 13.5. The highest BCUT2D eigenvalue weighted by Crippen LogP contribution is 2.34. The lowest BCUT2D eigenvalue weighted by atomic mass is 9.99. The summed E-state index contributed by atoms with van der Waals surface area (Å²) >= 11 is 0. The SMILES string of the molecule is CCC1=C(C)C2C=C3NC(C=c4[nH]c(c(C)c4CC)=Cc4[nH]c(c(C)c4CC)C=C1N2)C(C)=C3CC. The lowest BCUT2D eigenvalue weighted by molar-refractivity contribution is 0.779. The molecule has 0 radical (unpaired) electrons. The van der Waals surface area contributed by atoms with E-state index in [1.54, 1.807) is 0 Å². The maximum atomic E-state index is 3.87. The maximum Gasteiger partial charge on any atom is 0.0684 e. The second-order valence-electron chi connectivity index (χ2n) is 10.5. The molecule has 0 saturated heterocycles. The van der Waals surface area contributed by atoms with Crippen molar-refractivity contribution in [3.63, 3.8) is 0 Å². The van der Waals surface area contributed by atoms with Gasteiger partial charge in [-0.2, -0.15) is 0 Å². The molecule has 2 atom stereocenters. The summed E-state index contributed by atoms with van der Waals surface area (Å²) in [4.78, 5) is 7.57. The van der Waals surface area contributed by atoms with Crippen molar-refractivity contribution in [2.75, 3.05) is 0 Å². The zero-order valence-electron chi connectivity index (χ0n) is 23.3. The second-order valence-corrected chi connectivity index (χ2v) is 10.5. The maximum absolute atomic E-state index is 3.87. The molecule has 4 N–H and O–H groups in total. The highest BCUT2D eigenvalue weighted by Gasteiger charge is 2.28. The van der Waals surface area contributed by atoms with E-state index in [0.717, 1.165) is 25.7 Å². The number of hydrogen-bond acceptors (Lipinski definition) is 2. The number of H-pyrrole nitrogens is 2. The zero-order chi connectivity index (χ0) is 25.7. The van der Waals surface area contributed by atoms with Crippen LogP contribution in [0.25, 0.3) is 18.2 Å². The lowest BCUT2D eigenvalue weighted by Crippen LogP contribution is -2.27. The molecule has 5 heterocycles. The van der Waals surface area contributed by atoms with Crippen molar-refractivity contribution >= 4 is 18.2 Å². The van der Waals surface area contributed by atoms with Crippen LogP contribution in [0.4, 0.5) is 0 Å². The van der Waals surface area contributed by atoms with E-state index in [-0.39, 0.29) is 12.1 Å². The van der Waals surface area contributed by atoms with Gasteiger partial charge in [0.15, 0.2) is 0 Å². The van der Waals surface area contributed by atoms with Gasteiger partial charge in [-0.15, -0.1) is 0 Å². The van der Waals surface area contributed by atoms with Gasteiger partial charge in [-0.25, -0.2) is 0 Å². The molecule has 4 nitrogen and oxygen atoms in total. The third-order valence-corrected chi connectivity index (χ3v) is 8.72. The van der Waals surface area contributed by atoms with Gasteiger partial charge >= 0.3 is 0 Å². The predicted molar refractivity (Wildman–Crippen MR) is 153 cm³/mol. The van der Waals surface area contributed by atoms with E-state index >= 15 is 0 Å². The van der Waals surface area contributed by atoms with Crippen LogP contribution < -0.4 is 21.3 Å². The van der Waals surface area contributed by atoms with Crippen LogP contribution in [0.15, 0.2) is 39.8 Å². The van der Waals surface area contributed by atoms with Crippen LogP contribution in [0, 0.1) is 13.8 Å². The smallest absolute Gasteiger partial charge is 0.0684 e. The summed E-state index contributed by atoms with van der Waals surface area (Å²) in [5.74, 6) is 0.